The van der Waals surface area contributed by atoms with Crippen LogP contribution in [-0.2, 0) is 26.8 Å². The maximum Gasteiger partial charge on any atom is 0.239 e. The van der Waals surface area contributed by atoms with Crippen LogP contribution in [0.25, 0.3) is 22.3 Å². The normalized spacial score (nSPS) is 19.3. The van der Waals surface area contributed by atoms with E-state index in [1.165, 1.54) is 15.2 Å². The molecule has 1 aromatic carbocycles. The van der Waals surface area contributed by atoms with E-state index in [1.807, 2.05) is 31.2 Å². The molecule has 12 heteroatoms. The Labute approximate surface area is 250 Å². The lowest BCUT2D eigenvalue weighted by molar-refractivity contribution is -0.120. The molecular formula is C31H33N7O4S. The standard InChI is InChI=1S/C31H33N7O4S/c1-3-43(41,42)36-18-31(19-36,12-13-32)38-17-25(16-35-38)28-26-11-14-37(29(26)34-20-33-28)30(40)21(2)23-9-7-22(8-10-23)15-24-5-4-6-27(24)39/h7-11,14,16-17,20-21,24H,3-6,12,15,18-19H2,1-2H3. The van der Waals surface area contributed by atoms with Crippen molar-refractivity contribution in [1.29, 1.82) is 5.26 Å². The summed E-state index contributed by atoms with van der Waals surface area (Å²) < 4.78 is 29.2. The molecule has 2 fully saturated rings. The first-order chi connectivity index (χ1) is 20.7. The molecular weight excluding hydrogens is 566 g/mol. The lowest BCUT2D eigenvalue weighted by Gasteiger charge is -2.47. The van der Waals surface area contributed by atoms with E-state index >= 15 is 0 Å². The van der Waals surface area contributed by atoms with Gasteiger partial charge in [0.05, 0.1) is 36.1 Å². The number of nitriles is 1. The summed E-state index contributed by atoms with van der Waals surface area (Å²) in [6, 6.07) is 11.9. The molecule has 2 unspecified atom stereocenters. The Hall–Kier alpha value is -4.21. The van der Waals surface area contributed by atoms with Crippen molar-refractivity contribution >= 4 is 32.7 Å². The average Bonchev–Trinajstić information content (AvgIpc) is 3.75. The van der Waals surface area contributed by atoms with Crippen LogP contribution in [0.2, 0.25) is 0 Å². The molecule has 0 bridgehead atoms. The molecule has 1 saturated carbocycles. The zero-order valence-corrected chi connectivity index (χ0v) is 25.0. The van der Waals surface area contributed by atoms with Crippen LogP contribution in [0, 0.1) is 17.2 Å². The molecule has 2 aliphatic rings. The van der Waals surface area contributed by atoms with E-state index in [4.69, 9.17) is 0 Å². The van der Waals surface area contributed by atoms with Gasteiger partial charge in [-0.05, 0) is 50.3 Å². The van der Waals surface area contributed by atoms with Crippen LogP contribution >= 0.6 is 0 Å². The first-order valence-corrected chi connectivity index (χ1v) is 16.1. The largest absolute Gasteiger partial charge is 0.299 e. The van der Waals surface area contributed by atoms with Gasteiger partial charge in [0.15, 0.2) is 5.65 Å². The first kappa shape index (κ1) is 28.9. The number of sulfonamides is 1. The lowest BCUT2D eigenvalue weighted by Crippen LogP contribution is -2.64. The predicted molar refractivity (Wildman–Crippen MR) is 160 cm³/mol. The topological polar surface area (TPSA) is 144 Å². The Kier molecular flexibility index (Phi) is 7.48. The highest BCUT2D eigenvalue weighted by atomic mass is 32.2. The molecule has 0 spiro atoms. The molecule has 1 aliphatic heterocycles. The van der Waals surface area contributed by atoms with Crippen molar-refractivity contribution in [2.75, 3.05) is 18.8 Å². The molecule has 6 rings (SSSR count). The number of carbonyl (C=O) groups is 2. The van der Waals surface area contributed by atoms with E-state index in [-0.39, 0.29) is 37.1 Å². The molecule has 4 aromatic rings. The maximum atomic E-state index is 13.6. The smallest absolute Gasteiger partial charge is 0.239 e. The molecule has 2 atom stereocenters. The third-order valence-electron chi connectivity index (χ3n) is 8.93. The Bertz CT molecular complexity index is 1850. The van der Waals surface area contributed by atoms with Crippen molar-refractivity contribution in [3.63, 3.8) is 0 Å². The van der Waals surface area contributed by atoms with Gasteiger partial charge in [0.1, 0.15) is 17.6 Å². The number of rotatable bonds is 9. The van der Waals surface area contributed by atoms with Crippen LogP contribution in [-0.4, -0.2) is 67.6 Å². The Morgan fingerprint density at radius 2 is 1.95 bits per heavy atom. The van der Waals surface area contributed by atoms with E-state index < -0.39 is 21.5 Å². The van der Waals surface area contributed by atoms with Gasteiger partial charge in [-0.1, -0.05) is 24.3 Å². The minimum atomic E-state index is -3.36. The third kappa shape index (κ3) is 5.17. The van der Waals surface area contributed by atoms with E-state index in [1.54, 1.807) is 36.3 Å². The molecule has 1 saturated heterocycles. The van der Waals surface area contributed by atoms with Crippen molar-refractivity contribution in [3.05, 3.63) is 66.4 Å². The summed E-state index contributed by atoms with van der Waals surface area (Å²) in [5, 5.41) is 14.7. The fraction of sp³-hybridized carbons (Fsp3) is 0.419. The number of carbonyl (C=O) groups excluding carboxylic acids is 2. The number of Topliss-reactive ketones (excluding diaryl/α,β-unsaturated/α-hetero) is 1. The minimum Gasteiger partial charge on any atom is -0.299 e. The second-order valence-electron chi connectivity index (χ2n) is 11.6. The SMILES string of the molecule is CCS(=O)(=O)N1CC(CC#N)(n2cc(-c3ncnc4c3ccn4C(=O)C(C)c3ccc(CC4CCCC4=O)cc3)cn2)C1. The minimum absolute atomic E-state index is 0.00112. The lowest BCUT2D eigenvalue weighted by atomic mass is 9.89. The molecule has 4 heterocycles. The zero-order chi connectivity index (χ0) is 30.4. The van der Waals surface area contributed by atoms with Gasteiger partial charge >= 0.3 is 0 Å². The van der Waals surface area contributed by atoms with Gasteiger partial charge in [-0.15, -0.1) is 0 Å². The maximum absolute atomic E-state index is 13.6. The Morgan fingerprint density at radius 1 is 1.19 bits per heavy atom. The van der Waals surface area contributed by atoms with E-state index in [0.29, 0.717) is 34.5 Å². The first-order valence-electron chi connectivity index (χ1n) is 14.5. The molecule has 1 aliphatic carbocycles. The Balaban J connectivity index is 1.22. The predicted octanol–water partition coefficient (Wildman–Crippen LogP) is 3.92. The highest BCUT2D eigenvalue weighted by Crippen LogP contribution is 2.36. The zero-order valence-electron chi connectivity index (χ0n) is 24.2. The van der Waals surface area contributed by atoms with Gasteiger partial charge in [0, 0.05) is 48.8 Å². The number of hydrogen-bond acceptors (Lipinski definition) is 8. The van der Waals surface area contributed by atoms with E-state index in [9.17, 15) is 23.3 Å². The van der Waals surface area contributed by atoms with Crippen LogP contribution in [0.4, 0.5) is 0 Å². The molecule has 222 valence electrons. The summed E-state index contributed by atoms with van der Waals surface area (Å²) in [6.07, 6.45) is 9.98. The van der Waals surface area contributed by atoms with Crippen molar-refractivity contribution in [2.45, 2.75) is 57.4 Å². The second-order valence-corrected chi connectivity index (χ2v) is 13.9. The van der Waals surface area contributed by atoms with Crippen molar-refractivity contribution < 1.29 is 18.0 Å². The van der Waals surface area contributed by atoms with Crippen LogP contribution in [0.1, 0.15) is 61.4 Å². The molecule has 11 nitrogen and oxygen atoms in total. The summed E-state index contributed by atoms with van der Waals surface area (Å²) in [6.45, 7) is 3.82. The molecule has 3 aromatic heterocycles. The fourth-order valence-corrected chi connectivity index (χ4v) is 7.46. The highest BCUT2D eigenvalue weighted by Gasteiger charge is 2.49. The van der Waals surface area contributed by atoms with Gasteiger partial charge in [0.25, 0.3) is 0 Å². The summed E-state index contributed by atoms with van der Waals surface area (Å²) >= 11 is 0. The van der Waals surface area contributed by atoms with Crippen LogP contribution in [0.5, 0.6) is 0 Å². The number of ketones is 1. The van der Waals surface area contributed by atoms with E-state index in [0.717, 1.165) is 30.4 Å². The van der Waals surface area contributed by atoms with Gasteiger partial charge in [0.2, 0.25) is 15.9 Å². The number of hydrogen-bond donors (Lipinski definition) is 0. The van der Waals surface area contributed by atoms with Crippen LogP contribution in [0.3, 0.4) is 0 Å². The van der Waals surface area contributed by atoms with Crippen LogP contribution in [0.15, 0.2) is 55.2 Å². The van der Waals surface area contributed by atoms with Gasteiger partial charge in [-0.3, -0.25) is 18.8 Å². The summed E-state index contributed by atoms with van der Waals surface area (Å²) in [5.41, 5.74) is 2.97. The van der Waals surface area contributed by atoms with Crippen molar-refractivity contribution in [3.8, 4) is 17.3 Å². The highest BCUT2D eigenvalue weighted by molar-refractivity contribution is 7.89. The number of aromatic nitrogens is 5. The number of benzene rings is 1. The number of fused-ring (bicyclic) bond motifs is 1. The Morgan fingerprint density at radius 3 is 2.63 bits per heavy atom. The molecule has 0 radical (unpaired) electrons. The molecule has 43 heavy (non-hydrogen) atoms. The second kappa shape index (κ2) is 11.1. The quantitative estimate of drug-likeness (QED) is 0.282. The van der Waals surface area contributed by atoms with Crippen molar-refractivity contribution in [1.82, 2.24) is 28.6 Å². The van der Waals surface area contributed by atoms with Crippen molar-refractivity contribution in [2.24, 2.45) is 5.92 Å². The summed E-state index contributed by atoms with van der Waals surface area (Å²) in [7, 11) is -3.36. The van der Waals surface area contributed by atoms with Gasteiger partial charge in [-0.25, -0.2) is 18.4 Å². The summed E-state index contributed by atoms with van der Waals surface area (Å²) in [5.74, 6) is -0.102. The number of nitrogens with zero attached hydrogens (tertiary/aromatic N) is 7. The molecule has 0 amide bonds. The van der Waals surface area contributed by atoms with E-state index in [2.05, 4.69) is 21.1 Å². The van der Waals surface area contributed by atoms with Gasteiger partial charge < -0.3 is 0 Å². The summed E-state index contributed by atoms with van der Waals surface area (Å²) in [4.78, 5) is 34.6. The fourth-order valence-electron chi connectivity index (χ4n) is 6.22. The van der Waals surface area contributed by atoms with Crippen LogP contribution < -0.4 is 0 Å². The average molecular weight is 600 g/mol. The van der Waals surface area contributed by atoms with Gasteiger partial charge in [-0.2, -0.15) is 14.7 Å². The molecule has 0 N–H and O–H groups in total. The monoisotopic (exact) mass is 599 g/mol. The third-order valence-corrected chi connectivity index (χ3v) is 10.7.